The SMILES string of the molecule is CCCCCCCCCCc1ccc2oc(CCCCCNC(=O)O)nc2c1. The molecule has 5 nitrogen and oxygen atoms in total. The molecule has 5 heteroatoms. The maximum absolute atomic E-state index is 10.4. The van der Waals surface area contributed by atoms with Crippen molar-refractivity contribution >= 4 is 17.2 Å². The summed E-state index contributed by atoms with van der Waals surface area (Å²) in [5.41, 5.74) is 3.17. The lowest BCUT2D eigenvalue weighted by Gasteiger charge is -2.02. The van der Waals surface area contributed by atoms with Gasteiger partial charge < -0.3 is 14.8 Å². The highest BCUT2D eigenvalue weighted by atomic mass is 16.4. The first-order valence-electron chi connectivity index (χ1n) is 11.0. The third-order valence-electron chi connectivity index (χ3n) is 5.16. The van der Waals surface area contributed by atoms with Gasteiger partial charge in [-0.15, -0.1) is 0 Å². The highest BCUT2D eigenvalue weighted by molar-refractivity contribution is 5.73. The number of nitrogens with one attached hydrogen (secondary N) is 1. The second-order valence-electron chi connectivity index (χ2n) is 7.68. The number of fused-ring (bicyclic) bond motifs is 1. The van der Waals surface area contributed by atoms with Gasteiger partial charge in [0.2, 0.25) is 0 Å². The average molecular weight is 389 g/mol. The summed E-state index contributed by atoms with van der Waals surface area (Å²) in [6.07, 6.45) is 14.5. The lowest BCUT2D eigenvalue weighted by Crippen LogP contribution is -2.21. The third-order valence-corrected chi connectivity index (χ3v) is 5.16. The van der Waals surface area contributed by atoms with Gasteiger partial charge in [-0.3, -0.25) is 0 Å². The number of carboxylic acid groups (broad SMARTS) is 1. The van der Waals surface area contributed by atoms with Crippen molar-refractivity contribution < 1.29 is 14.3 Å². The number of carbonyl (C=O) groups is 1. The van der Waals surface area contributed by atoms with Crippen LogP contribution < -0.4 is 5.32 Å². The number of oxazole rings is 1. The number of aryl methyl sites for hydroxylation is 2. The molecule has 0 radical (unpaired) electrons. The van der Waals surface area contributed by atoms with E-state index in [0.29, 0.717) is 6.54 Å². The molecular formula is C23H36N2O3. The molecule has 1 heterocycles. The number of benzene rings is 1. The molecule has 2 rings (SSSR count). The molecule has 0 unspecified atom stereocenters. The topological polar surface area (TPSA) is 75.4 Å². The standard InChI is InChI=1S/C23H36N2O3/c1-2-3-4-5-6-7-8-10-13-19-15-16-21-20(18-19)25-22(28-21)14-11-9-12-17-24-23(26)27/h15-16,18,24H,2-14,17H2,1H3,(H,26,27). The van der Waals surface area contributed by atoms with Gasteiger partial charge in [0.15, 0.2) is 11.5 Å². The summed E-state index contributed by atoms with van der Waals surface area (Å²) in [6.45, 7) is 2.77. The Bertz CT molecular complexity index is 696. The molecule has 2 aromatic rings. The second-order valence-corrected chi connectivity index (χ2v) is 7.68. The number of hydrogen-bond donors (Lipinski definition) is 2. The number of unbranched alkanes of at least 4 members (excludes halogenated alkanes) is 9. The van der Waals surface area contributed by atoms with Gasteiger partial charge in [0.05, 0.1) is 0 Å². The molecular weight excluding hydrogens is 352 g/mol. The molecule has 0 fully saturated rings. The van der Waals surface area contributed by atoms with E-state index in [1.54, 1.807) is 0 Å². The largest absolute Gasteiger partial charge is 0.465 e. The van der Waals surface area contributed by atoms with E-state index in [4.69, 9.17) is 9.52 Å². The van der Waals surface area contributed by atoms with E-state index in [2.05, 4.69) is 29.4 Å². The number of hydrogen-bond acceptors (Lipinski definition) is 3. The van der Waals surface area contributed by atoms with Gasteiger partial charge in [-0.05, 0) is 43.4 Å². The van der Waals surface area contributed by atoms with Crippen molar-refractivity contribution in [2.75, 3.05) is 6.54 Å². The first kappa shape index (κ1) is 22.3. The van der Waals surface area contributed by atoms with Gasteiger partial charge in [0, 0.05) is 13.0 Å². The van der Waals surface area contributed by atoms with Crippen LogP contribution in [0, 0.1) is 0 Å². The van der Waals surface area contributed by atoms with Crippen LogP contribution in [0.2, 0.25) is 0 Å². The molecule has 1 amide bonds. The Morgan fingerprint density at radius 1 is 0.964 bits per heavy atom. The van der Waals surface area contributed by atoms with Crippen LogP contribution in [0.25, 0.3) is 11.1 Å². The van der Waals surface area contributed by atoms with E-state index < -0.39 is 6.09 Å². The van der Waals surface area contributed by atoms with Crippen molar-refractivity contribution in [1.82, 2.24) is 10.3 Å². The fourth-order valence-corrected chi connectivity index (χ4v) is 3.52. The summed E-state index contributed by atoms with van der Waals surface area (Å²) < 4.78 is 5.84. The lowest BCUT2D eigenvalue weighted by molar-refractivity contribution is 0.194. The molecule has 0 atom stereocenters. The maximum atomic E-state index is 10.4. The Hall–Kier alpha value is -2.04. The molecule has 1 aromatic heterocycles. The Kier molecular flexibility index (Phi) is 10.5. The fraction of sp³-hybridized carbons (Fsp3) is 0.652. The maximum Gasteiger partial charge on any atom is 0.404 e. The highest BCUT2D eigenvalue weighted by Gasteiger charge is 2.07. The summed E-state index contributed by atoms with van der Waals surface area (Å²) in [5.74, 6) is 0.783. The van der Waals surface area contributed by atoms with Crippen LogP contribution in [0.15, 0.2) is 22.6 Å². The molecule has 0 spiro atoms. The predicted octanol–water partition coefficient (Wildman–Crippen LogP) is 6.49. The van der Waals surface area contributed by atoms with Crippen LogP contribution >= 0.6 is 0 Å². The summed E-state index contributed by atoms with van der Waals surface area (Å²) in [5, 5.41) is 10.9. The zero-order chi connectivity index (χ0) is 20.0. The fourth-order valence-electron chi connectivity index (χ4n) is 3.52. The number of amides is 1. The third kappa shape index (κ3) is 8.77. The van der Waals surface area contributed by atoms with Gasteiger partial charge in [-0.1, -0.05) is 64.4 Å². The predicted molar refractivity (Wildman–Crippen MR) is 114 cm³/mol. The van der Waals surface area contributed by atoms with Gasteiger partial charge in [0.1, 0.15) is 5.52 Å². The van der Waals surface area contributed by atoms with Gasteiger partial charge in [0.25, 0.3) is 0 Å². The summed E-state index contributed by atoms with van der Waals surface area (Å²) in [7, 11) is 0. The molecule has 2 N–H and O–H groups in total. The smallest absolute Gasteiger partial charge is 0.404 e. The van der Waals surface area contributed by atoms with Crippen LogP contribution in [-0.2, 0) is 12.8 Å². The zero-order valence-electron chi connectivity index (χ0n) is 17.3. The molecule has 0 aliphatic carbocycles. The Morgan fingerprint density at radius 3 is 2.39 bits per heavy atom. The summed E-state index contributed by atoms with van der Waals surface area (Å²) >= 11 is 0. The van der Waals surface area contributed by atoms with E-state index in [9.17, 15) is 4.79 Å². The van der Waals surface area contributed by atoms with Crippen molar-refractivity contribution in [3.63, 3.8) is 0 Å². The molecule has 156 valence electrons. The zero-order valence-corrected chi connectivity index (χ0v) is 17.3. The number of nitrogens with zero attached hydrogens (tertiary/aromatic N) is 1. The molecule has 1 aromatic carbocycles. The monoisotopic (exact) mass is 388 g/mol. The van der Waals surface area contributed by atoms with E-state index >= 15 is 0 Å². The van der Waals surface area contributed by atoms with E-state index in [-0.39, 0.29) is 0 Å². The van der Waals surface area contributed by atoms with Crippen LogP contribution in [-0.4, -0.2) is 22.7 Å². The second kappa shape index (κ2) is 13.2. The van der Waals surface area contributed by atoms with Crippen molar-refractivity contribution in [2.24, 2.45) is 0 Å². The first-order valence-corrected chi connectivity index (χ1v) is 11.0. The Morgan fingerprint density at radius 2 is 1.64 bits per heavy atom. The number of rotatable bonds is 15. The minimum Gasteiger partial charge on any atom is -0.465 e. The minimum atomic E-state index is -0.957. The molecule has 0 aliphatic heterocycles. The van der Waals surface area contributed by atoms with Crippen LogP contribution in [0.1, 0.15) is 89.0 Å². The van der Waals surface area contributed by atoms with Crippen molar-refractivity contribution in [3.05, 3.63) is 29.7 Å². The normalized spacial score (nSPS) is 11.2. The van der Waals surface area contributed by atoms with Gasteiger partial charge in [-0.2, -0.15) is 0 Å². The van der Waals surface area contributed by atoms with Crippen LogP contribution in [0.3, 0.4) is 0 Å². The molecule has 0 bridgehead atoms. The van der Waals surface area contributed by atoms with E-state index in [1.165, 1.54) is 56.9 Å². The average Bonchev–Trinajstić information content (AvgIpc) is 3.08. The molecule has 0 saturated heterocycles. The Balaban J connectivity index is 1.65. The minimum absolute atomic E-state index is 0.505. The lowest BCUT2D eigenvalue weighted by atomic mass is 10.0. The first-order chi connectivity index (χ1) is 13.7. The summed E-state index contributed by atoms with van der Waals surface area (Å²) in [4.78, 5) is 15.0. The van der Waals surface area contributed by atoms with Crippen molar-refractivity contribution in [3.8, 4) is 0 Å². The van der Waals surface area contributed by atoms with Gasteiger partial charge >= 0.3 is 6.09 Å². The summed E-state index contributed by atoms with van der Waals surface area (Å²) in [6, 6.07) is 6.37. The van der Waals surface area contributed by atoms with Crippen molar-refractivity contribution in [2.45, 2.75) is 90.4 Å². The quantitative estimate of drug-likeness (QED) is 0.342. The van der Waals surface area contributed by atoms with Gasteiger partial charge in [-0.25, -0.2) is 9.78 Å². The highest BCUT2D eigenvalue weighted by Crippen LogP contribution is 2.20. The van der Waals surface area contributed by atoms with E-state index in [1.807, 2.05) is 6.07 Å². The van der Waals surface area contributed by atoms with E-state index in [0.717, 1.165) is 49.1 Å². The molecule has 0 saturated carbocycles. The van der Waals surface area contributed by atoms with Crippen LogP contribution in [0.5, 0.6) is 0 Å². The molecule has 28 heavy (non-hydrogen) atoms. The van der Waals surface area contributed by atoms with Crippen molar-refractivity contribution in [1.29, 1.82) is 0 Å². The van der Waals surface area contributed by atoms with Crippen LogP contribution in [0.4, 0.5) is 4.79 Å². The number of aromatic nitrogens is 1. The Labute approximate surface area is 168 Å². The molecule has 0 aliphatic rings.